The Hall–Kier alpha value is -2.51. The number of rotatable bonds is 6. The molecule has 0 saturated carbocycles. The number of benzene rings is 1. The smallest absolute Gasteiger partial charge is 0.256 e. The van der Waals surface area contributed by atoms with Gasteiger partial charge in [0.15, 0.2) is 5.65 Å². The number of hydrogen-bond donors (Lipinski definition) is 1. The Labute approximate surface area is 168 Å². The predicted molar refractivity (Wildman–Crippen MR) is 108 cm³/mol. The summed E-state index contributed by atoms with van der Waals surface area (Å²) < 4.78 is 15.8. The van der Waals surface area contributed by atoms with E-state index in [4.69, 9.17) is 11.6 Å². The monoisotopic (exact) mass is 403 g/mol. The molecule has 2 heterocycles. The number of nitrogens with one attached hydrogen (secondary N) is 1. The summed E-state index contributed by atoms with van der Waals surface area (Å²) in [6, 6.07) is 4.64. The van der Waals surface area contributed by atoms with Gasteiger partial charge in [-0.2, -0.15) is 5.10 Å². The molecule has 28 heavy (non-hydrogen) atoms. The highest BCUT2D eigenvalue weighted by molar-refractivity contribution is 6.31. The summed E-state index contributed by atoms with van der Waals surface area (Å²) in [5, 5.41) is 7.58. The van der Waals surface area contributed by atoms with Crippen LogP contribution in [0.1, 0.15) is 32.9 Å². The van der Waals surface area contributed by atoms with E-state index >= 15 is 0 Å². The molecule has 1 N–H and O–H groups in total. The van der Waals surface area contributed by atoms with E-state index in [1.165, 1.54) is 12.3 Å². The van der Waals surface area contributed by atoms with Gasteiger partial charge in [0, 0.05) is 41.5 Å². The molecule has 0 aliphatic rings. The molecule has 1 aromatic carbocycles. The van der Waals surface area contributed by atoms with Crippen molar-refractivity contribution in [3.05, 3.63) is 63.3 Å². The highest BCUT2D eigenvalue weighted by Crippen LogP contribution is 2.26. The van der Waals surface area contributed by atoms with E-state index in [1.807, 2.05) is 32.8 Å². The number of nitrogens with zero attached hydrogens (tertiary/aromatic N) is 4. The second kappa shape index (κ2) is 8.24. The second-order valence-electron chi connectivity index (χ2n) is 6.99. The van der Waals surface area contributed by atoms with E-state index in [2.05, 4.69) is 15.4 Å². The Bertz CT molecular complexity index is 1010. The van der Waals surface area contributed by atoms with E-state index in [0.29, 0.717) is 40.5 Å². The van der Waals surface area contributed by atoms with Gasteiger partial charge in [-0.05, 0) is 45.6 Å². The lowest BCUT2D eigenvalue weighted by atomic mass is 10.0. The van der Waals surface area contributed by atoms with Gasteiger partial charge in [0.25, 0.3) is 5.91 Å². The third-order valence-electron chi connectivity index (χ3n) is 4.71. The Morgan fingerprint density at radius 2 is 2.04 bits per heavy atom. The number of likely N-dealkylation sites (N-methyl/N-ethyl adjacent to an activating group) is 1. The van der Waals surface area contributed by atoms with E-state index in [9.17, 15) is 9.18 Å². The SMILES string of the molecule is Cc1nc2c(C(=O)NCCN(C)C)cnn2c(C)c1Cc1c(F)cccc1Cl. The molecule has 0 radical (unpaired) electrons. The van der Waals surface area contributed by atoms with Crippen molar-refractivity contribution in [2.24, 2.45) is 0 Å². The average Bonchev–Trinajstić information content (AvgIpc) is 3.04. The number of fused-ring (bicyclic) bond motifs is 1. The largest absolute Gasteiger partial charge is 0.351 e. The van der Waals surface area contributed by atoms with Crippen LogP contribution in [0.5, 0.6) is 0 Å². The first-order valence-electron chi connectivity index (χ1n) is 8.99. The minimum Gasteiger partial charge on any atom is -0.351 e. The van der Waals surface area contributed by atoms with Crippen LogP contribution >= 0.6 is 11.6 Å². The van der Waals surface area contributed by atoms with Gasteiger partial charge in [0.1, 0.15) is 11.4 Å². The van der Waals surface area contributed by atoms with Gasteiger partial charge in [-0.1, -0.05) is 17.7 Å². The van der Waals surface area contributed by atoms with Crippen molar-refractivity contribution in [2.75, 3.05) is 27.2 Å². The molecule has 0 saturated heterocycles. The van der Waals surface area contributed by atoms with Crippen LogP contribution in [0.25, 0.3) is 5.65 Å². The quantitative estimate of drug-likeness (QED) is 0.687. The van der Waals surface area contributed by atoms with Crippen molar-refractivity contribution >= 4 is 23.2 Å². The van der Waals surface area contributed by atoms with Crippen molar-refractivity contribution in [1.29, 1.82) is 0 Å². The Morgan fingerprint density at radius 3 is 2.71 bits per heavy atom. The summed E-state index contributed by atoms with van der Waals surface area (Å²) in [6.07, 6.45) is 1.82. The molecule has 2 aromatic heterocycles. The minimum atomic E-state index is -0.354. The summed E-state index contributed by atoms with van der Waals surface area (Å²) >= 11 is 6.18. The van der Waals surface area contributed by atoms with Crippen LogP contribution in [0, 0.1) is 19.7 Å². The van der Waals surface area contributed by atoms with Crippen LogP contribution in [-0.4, -0.2) is 52.6 Å². The molecule has 148 valence electrons. The van der Waals surface area contributed by atoms with Crippen molar-refractivity contribution in [3.63, 3.8) is 0 Å². The molecule has 8 heteroatoms. The topological polar surface area (TPSA) is 62.5 Å². The lowest BCUT2D eigenvalue weighted by Gasteiger charge is -2.13. The standard InChI is InChI=1S/C20H23ClFN5O/c1-12-14(10-15-17(21)6-5-7-18(15)22)13(2)27-19(25-12)16(11-24-27)20(28)23-8-9-26(3)4/h5-7,11H,8-10H2,1-4H3,(H,23,28). The first kappa shape index (κ1) is 20.2. The van der Waals surface area contributed by atoms with E-state index < -0.39 is 0 Å². The van der Waals surface area contributed by atoms with Crippen LogP contribution in [0.3, 0.4) is 0 Å². The van der Waals surface area contributed by atoms with Gasteiger partial charge < -0.3 is 10.2 Å². The minimum absolute atomic E-state index is 0.215. The zero-order valence-electron chi connectivity index (χ0n) is 16.4. The van der Waals surface area contributed by atoms with Crippen molar-refractivity contribution in [3.8, 4) is 0 Å². The molecular weight excluding hydrogens is 381 g/mol. The van der Waals surface area contributed by atoms with Crippen LogP contribution < -0.4 is 5.32 Å². The summed E-state index contributed by atoms with van der Waals surface area (Å²) in [5.74, 6) is -0.569. The van der Waals surface area contributed by atoms with Gasteiger partial charge in [-0.3, -0.25) is 4.79 Å². The predicted octanol–water partition coefficient (Wildman–Crippen LogP) is 3.02. The normalized spacial score (nSPS) is 11.4. The number of aromatic nitrogens is 3. The van der Waals surface area contributed by atoms with Gasteiger partial charge >= 0.3 is 0 Å². The lowest BCUT2D eigenvalue weighted by Crippen LogP contribution is -2.31. The zero-order chi connectivity index (χ0) is 20.4. The van der Waals surface area contributed by atoms with Gasteiger partial charge in [0.05, 0.1) is 6.20 Å². The number of aryl methyl sites for hydroxylation is 2. The number of halogens is 2. The maximum absolute atomic E-state index is 14.2. The molecule has 0 aliphatic carbocycles. The van der Waals surface area contributed by atoms with Gasteiger partial charge in [-0.25, -0.2) is 13.9 Å². The maximum atomic E-state index is 14.2. The number of carbonyl (C=O) groups excluding carboxylic acids is 1. The molecule has 0 aliphatic heterocycles. The fourth-order valence-corrected chi connectivity index (χ4v) is 3.32. The van der Waals surface area contributed by atoms with Gasteiger partial charge in [-0.15, -0.1) is 0 Å². The summed E-state index contributed by atoms with van der Waals surface area (Å²) in [5.41, 5.74) is 3.68. The molecule has 6 nitrogen and oxygen atoms in total. The molecule has 0 unspecified atom stereocenters. The molecule has 0 fully saturated rings. The molecule has 0 bridgehead atoms. The Kier molecular flexibility index (Phi) is 5.96. The summed E-state index contributed by atoms with van der Waals surface area (Å²) in [6.45, 7) is 5.00. The van der Waals surface area contributed by atoms with Crippen LogP contribution in [0.15, 0.2) is 24.4 Å². The molecule has 0 spiro atoms. The Morgan fingerprint density at radius 1 is 1.29 bits per heavy atom. The average molecular weight is 404 g/mol. The highest BCUT2D eigenvalue weighted by atomic mass is 35.5. The summed E-state index contributed by atoms with van der Waals surface area (Å²) in [4.78, 5) is 19.1. The van der Waals surface area contributed by atoms with Crippen LogP contribution in [0.4, 0.5) is 4.39 Å². The fraction of sp³-hybridized carbons (Fsp3) is 0.350. The molecule has 0 atom stereocenters. The van der Waals surface area contributed by atoms with Crippen LogP contribution in [0.2, 0.25) is 5.02 Å². The number of hydrogen-bond acceptors (Lipinski definition) is 4. The van der Waals surface area contributed by atoms with E-state index in [0.717, 1.165) is 17.8 Å². The third kappa shape index (κ3) is 4.00. The first-order chi connectivity index (χ1) is 13.3. The van der Waals surface area contributed by atoms with Gasteiger partial charge in [0.2, 0.25) is 0 Å². The summed E-state index contributed by atoms with van der Waals surface area (Å²) in [7, 11) is 3.89. The van der Waals surface area contributed by atoms with E-state index in [1.54, 1.807) is 16.6 Å². The zero-order valence-corrected chi connectivity index (χ0v) is 17.1. The fourth-order valence-electron chi connectivity index (χ4n) is 3.09. The molecule has 3 rings (SSSR count). The van der Waals surface area contributed by atoms with E-state index in [-0.39, 0.29) is 11.7 Å². The third-order valence-corrected chi connectivity index (χ3v) is 5.07. The highest BCUT2D eigenvalue weighted by Gasteiger charge is 2.19. The van der Waals surface area contributed by atoms with Crippen molar-refractivity contribution < 1.29 is 9.18 Å². The second-order valence-corrected chi connectivity index (χ2v) is 7.40. The van der Waals surface area contributed by atoms with Crippen molar-refractivity contribution in [2.45, 2.75) is 20.3 Å². The number of carbonyl (C=O) groups is 1. The molecule has 3 aromatic rings. The lowest BCUT2D eigenvalue weighted by molar-refractivity contribution is 0.0952. The van der Waals surface area contributed by atoms with Crippen molar-refractivity contribution in [1.82, 2.24) is 24.8 Å². The maximum Gasteiger partial charge on any atom is 0.256 e. The Balaban J connectivity index is 1.95. The first-order valence-corrected chi connectivity index (χ1v) is 9.37. The van der Waals surface area contributed by atoms with Crippen LogP contribution in [-0.2, 0) is 6.42 Å². The molecular formula is C20H23ClFN5O. The molecule has 1 amide bonds. The number of amides is 1.